The number of furan rings is 1. The SMILES string of the molecule is [2H]C([2H])([2H])c1ccc2c(n1)oc1c(-c3ccc(Cl)cn3)cccc12. The Morgan fingerprint density at radius 2 is 2.05 bits per heavy atom. The second kappa shape index (κ2) is 4.57. The molecule has 0 atom stereocenters. The van der Waals surface area contributed by atoms with Gasteiger partial charge in [-0.15, -0.1) is 0 Å². The molecule has 0 saturated carbocycles. The van der Waals surface area contributed by atoms with E-state index in [9.17, 15) is 0 Å². The van der Waals surface area contributed by atoms with Crippen LogP contribution in [0, 0.1) is 6.85 Å². The van der Waals surface area contributed by atoms with E-state index in [0.717, 1.165) is 22.0 Å². The third kappa shape index (κ3) is 1.98. The first-order valence-corrected chi connectivity index (χ1v) is 6.76. The summed E-state index contributed by atoms with van der Waals surface area (Å²) in [4.78, 5) is 8.49. The lowest BCUT2D eigenvalue weighted by atomic mass is 10.1. The summed E-state index contributed by atoms with van der Waals surface area (Å²) in [7, 11) is 0. The van der Waals surface area contributed by atoms with Crippen LogP contribution >= 0.6 is 11.6 Å². The number of para-hydroxylation sites is 1. The van der Waals surface area contributed by atoms with Crippen LogP contribution < -0.4 is 0 Å². The first-order valence-electron chi connectivity index (χ1n) is 7.88. The molecule has 102 valence electrons. The van der Waals surface area contributed by atoms with Crippen molar-refractivity contribution in [3.63, 3.8) is 0 Å². The predicted octanol–water partition coefficient (Wildman–Crippen LogP) is 5.00. The molecule has 4 rings (SSSR count). The molecule has 0 N–H and O–H groups in total. The Kier molecular flexibility index (Phi) is 2.07. The maximum Gasteiger partial charge on any atom is 0.227 e. The number of fused-ring (bicyclic) bond motifs is 3. The van der Waals surface area contributed by atoms with Gasteiger partial charge in [-0.25, -0.2) is 4.98 Å². The van der Waals surface area contributed by atoms with Crippen LogP contribution in [-0.4, -0.2) is 9.97 Å². The molecule has 0 saturated heterocycles. The Labute approximate surface area is 130 Å². The Morgan fingerprint density at radius 1 is 1.10 bits per heavy atom. The summed E-state index contributed by atoms with van der Waals surface area (Å²) in [6.45, 7) is -2.27. The van der Waals surface area contributed by atoms with Crippen molar-refractivity contribution >= 4 is 33.7 Å². The van der Waals surface area contributed by atoms with Crippen LogP contribution in [-0.2, 0) is 0 Å². The lowest BCUT2D eigenvalue weighted by Crippen LogP contribution is -1.83. The van der Waals surface area contributed by atoms with Gasteiger partial charge in [0, 0.05) is 32.3 Å². The Morgan fingerprint density at radius 3 is 2.86 bits per heavy atom. The number of halogens is 1. The second-order valence-electron chi connectivity index (χ2n) is 4.70. The monoisotopic (exact) mass is 297 g/mol. The number of aryl methyl sites for hydroxylation is 1. The molecule has 0 amide bonds. The largest absolute Gasteiger partial charge is 0.437 e. The third-order valence-electron chi connectivity index (χ3n) is 3.37. The molecule has 0 unspecified atom stereocenters. The number of pyridine rings is 2. The topological polar surface area (TPSA) is 38.9 Å². The number of rotatable bonds is 1. The van der Waals surface area contributed by atoms with E-state index in [1.165, 1.54) is 6.07 Å². The highest BCUT2D eigenvalue weighted by molar-refractivity contribution is 6.30. The minimum absolute atomic E-state index is 0.0141. The summed E-state index contributed by atoms with van der Waals surface area (Å²) in [5, 5.41) is 2.19. The molecule has 21 heavy (non-hydrogen) atoms. The minimum atomic E-state index is -2.27. The summed E-state index contributed by atoms with van der Waals surface area (Å²) in [5.74, 6) is 0. The van der Waals surface area contributed by atoms with Gasteiger partial charge in [0.2, 0.25) is 5.71 Å². The fraction of sp³-hybridized carbons (Fsp3) is 0.0588. The van der Waals surface area contributed by atoms with Gasteiger partial charge < -0.3 is 4.42 Å². The molecule has 0 radical (unpaired) electrons. The van der Waals surface area contributed by atoms with Crippen molar-refractivity contribution in [2.45, 2.75) is 6.85 Å². The average molecular weight is 298 g/mol. The molecular weight excluding hydrogens is 284 g/mol. The quantitative estimate of drug-likeness (QED) is 0.496. The second-order valence-corrected chi connectivity index (χ2v) is 5.13. The highest BCUT2D eigenvalue weighted by atomic mass is 35.5. The van der Waals surface area contributed by atoms with E-state index in [4.69, 9.17) is 20.1 Å². The standard InChI is InChI=1S/C17H11ClN2O/c1-10-5-7-13-12-3-2-4-14(16(12)21-17(13)20-10)15-8-6-11(18)9-19-15/h2-9H,1H3/i1D3. The van der Waals surface area contributed by atoms with Gasteiger partial charge in [-0.2, -0.15) is 0 Å². The molecule has 3 aromatic heterocycles. The van der Waals surface area contributed by atoms with E-state index >= 15 is 0 Å². The van der Waals surface area contributed by atoms with Crippen LogP contribution in [0.2, 0.25) is 5.02 Å². The molecule has 4 aromatic rings. The number of aromatic nitrogens is 2. The summed E-state index contributed by atoms with van der Waals surface area (Å²) in [6, 6.07) is 12.5. The van der Waals surface area contributed by atoms with Gasteiger partial charge in [0.05, 0.1) is 10.7 Å². The van der Waals surface area contributed by atoms with Crippen LogP contribution in [0.5, 0.6) is 0 Å². The zero-order valence-corrected chi connectivity index (χ0v) is 11.6. The molecule has 0 aliphatic heterocycles. The van der Waals surface area contributed by atoms with E-state index in [1.807, 2.05) is 24.3 Å². The summed E-state index contributed by atoms with van der Waals surface area (Å²) >= 11 is 5.89. The van der Waals surface area contributed by atoms with Gasteiger partial charge in [0.1, 0.15) is 5.58 Å². The molecule has 0 fully saturated rings. The molecule has 0 spiro atoms. The summed E-state index contributed by atoms with van der Waals surface area (Å²) in [5.41, 5.74) is 2.47. The van der Waals surface area contributed by atoms with Gasteiger partial charge >= 0.3 is 0 Å². The molecule has 3 heterocycles. The van der Waals surface area contributed by atoms with Crippen LogP contribution in [0.1, 0.15) is 9.81 Å². The highest BCUT2D eigenvalue weighted by Crippen LogP contribution is 2.34. The van der Waals surface area contributed by atoms with Gasteiger partial charge in [0.25, 0.3) is 0 Å². The van der Waals surface area contributed by atoms with Crippen molar-refractivity contribution in [3.05, 3.63) is 59.4 Å². The first kappa shape index (κ1) is 9.53. The molecule has 0 aliphatic rings. The average Bonchev–Trinajstić information content (AvgIpc) is 2.92. The lowest BCUT2D eigenvalue weighted by molar-refractivity contribution is 0.653. The maximum atomic E-state index is 7.49. The minimum Gasteiger partial charge on any atom is -0.437 e. The Bertz CT molecular complexity index is 1060. The molecule has 3 nitrogen and oxygen atoms in total. The molecule has 0 aliphatic carbocycles. The smallest absolute Gasteiger partial charge is 0.227 e. The van der Waals surface area contributed by atoms with Gasteiger partial charge in [-0.1, -0.05) is 23.7 Å². The van der Waals surface area contributed by atoms with Crippen molar-refractivity contribution in [1.29, 1.82) is 0 Å². The van der Waals surface area contributed by atoms with Gasteiger partial charge in [-0.05, 0) is 37.2 Å². The number of nitrogens with zero attached hydrogens (tertiary/aromatic N) is 2. The normalized spacial score (nSPS) is 14.0. The third-order valence-corrected chi connectivity index (χ3v) is 3.59. The predicted molar refractivity (Wildman–Crippen MR) is 84.5 cm³/mol. The number of hydrogen-bond donors (Lipinski definition) is 0. The van der Waals surface area contributed by atoms with Crippen molar-refractivity contribution < 1.29 is 8.53 Å². The van der Waals surface area contributed by atoms with Crippen molar-refractivity contribution in [1.82, 2.24) is 9.97 Å². The van der Waals surface area contributed by atoms with E-state index in [-0.39, 0.29) is 5.69 Å². The highest BCUT2D eigenvalue weighted by Gasteiger charge is 2.13. The Balaban J connectivity index is 1.98. The molecular formula is C17H11ClN2O. The van der Waals surface area contributed by atoms with Crippen molar-refractivity contribution in [2.75, 3.05) is 0 Å². The van der Waals surface area contributed by atoms with Gasteiger partial charge in [-0.3, -0.25) is 4.98 Å². The number of benzene rings is 1. The van der Waals surface area contributed by atoms with Crippen LogP contribution in [0.4, 0.5) is 0 Å². The zero-order valence-electron chi connectivity index (χ0n) is 13.8. The van der Waals surface area contributed by atoms with Crippen LogP contribution in [0.25, 0.3) is 33.3 Å². The van der Waals surface area contributed by atoms with Crippen molar-refractivity contribution in [2.24, 2.45) is 0 Å². The molecule has 1 aromatic carbocycles. The van der Waals surface area contributed by atoms with E-state index in [0.29, 0.717) is 16.3 Å². The Hall–Kier alpha value is -2.39. The molecule has 0 bridgehead atoms. The molecule has 4 heteroatoms. The van der Waals surface area contributed by atoms with Crippen molar-refractivity contribution in [3.8, 4) is 11.3 Å². The summed E-state index contributed by atoms with van der Waals surface area (Å²) < 4.78 is 28.3. The van der Waals surface area contributed by atoms with E-state index in [2.05, 4.69) is 9.97 Å². The zero-order chi connectivity index (χ0) is 16.9. The fourth-order valence-electron chi connectivity index (χ4n) is 2.42. The maximum absolute atomic E-state index is 7.49. The van der Waals surface area contributed by atoms with E-state index < -0.39 is 6.85 Å². The summed E-state index contributed by atoms with van der Waals surface area (Å²) in [6.07, 6.45) is 1.57. The van der Waals surface area contributed by atoms with E-state index in [1.54, 1.807) is 18.3 Å². The van der Waals surface area contributed by atoms with Crippen LogP contribution in [0.15, 0.2) is 53.1 Å². The van der Waals surface area contributed by atoms with Gasteiger partial charge in [0.15, 0.2) is 0 Å². The fourth-order valence-corrected chi connectivity index (χ4v) is 2.53. The van der Waals surface area contributed by atoms with Crippen LogP contribution in [0.3, 0.4) is 0 Å². The lowest BCUT2D eigenvalue weighted by Gasteiger charge is -2.01. The number of hydrogen-bond acceptors (Lipinski definition) is 3. The first-order chi connectivity index (χ1) is 11.4.